The zero-order chi connectivity index (χ0) is 8.15. The Balaban J connectivity index is 3.71. The van der Waals surface area contributed by atoms with Crippen molar-refractivity contribution in [2.45, 2.75) is 38.8 Å². The Morgan fingerprint density at radius 2 is 2.10 bits per heavy atom. The van der Waals surface area contributed by atoms with E-state index in [0.29, 0.717) is 6.71 Å². The third-order valence-electron chi connectivity index (χ3n) is 1.68. The van der Waals surface area contributed by atoms with Gasteiger partial charge in [-0.15, -0.1) is 0 Å². The average molecular weight is 141 g/mol. The molecule has 2 atom stereocenters. The minimum Gasteiger partial charge on any atom is -0.328 e. The third-order valence-corrected chi connectivity index (χ3v) is 1.68. The molecular formula is C7H16BNO. The van der Waals surface area contributed by atoms with Crippen LogP contribution < -0.4 is 5.73 Å². The summed E-state index contributed by atoms with van der Waals surface area (Å²) in [6.45, 7) is 6.44. The van der Waals surface area contributed by atoms with Gasteiger partial charge in [-0.3, -0.25) is 0 Å². The Kier molecular flexibility index (Phi) is 4.36. The van der Waals surface area contributed by atoms with Crippen LogP contribution in [0.1, 0.15) is 13.3 Å². The predicted molar refractivity (Wildman–Crippen MR) is 45.6 cm³/mol. The Hall–Kier alpha value is -0.305. The molecule has 2 N–H and O–H groups in total. The smallest absolute Gasteiger partial charge is 0.145 e. The van der Waals surface area contributed by atoms with E-state index in [4.69, 9.17) is 5.73 Å². The van der Waals surface area contributed by atoms with E-state index in [1.54, 1.807) is 0 Å². The molecule has 0 aromatic carbocycles. The Bertz CT molecular complexity index is 104. The molecule has 0 heterocycles. The first-order valence-electron chi connectivity index (χ1n) is 3.78. The van der Waals surface area contributed by atoms with Crippen molar-refractivity contribution in [1.29, 1.82) is 0 Å². The Morgan fingerprint density at radius 1 is 1.60 bits per heavy atom. The minimum atomic E-state index is 0.137. The van der Waals surface area contributed by atoms with Crippen LogP contribution >= 0.6 is 0 Å². The summed E-state index contributed by atoms with van der Waals surface area (Å²) in [5.41, 5.74) is 5.55. The highest BCUT2D eigenvalue weighted by Crippen LogP contribution is 2.13. The van der Waals surface area contributed by atoms with Crippen molar-refractivity contribution >= 4 is 13.0 Å². The molecule has 0 spiro atoms. The van der Waals surface area contributed by atoms with Crippen LogP contribution in [-0.2, 0) is 4.79 Å². The van der Waals surface area contributed by atoms with E-state index in [-0.39, 0.29) is 11.9 Å². The highest BCUT2D eigenvalue weighted by atomic mass is 16.1. The highest BCUT2D eigenvalue weighted by molar-refractivity contribution is 6.60. The van der Waals surface area contributed by atoms with Crippen molar-refractivity contribution in [3.63, 3.8) is 0 Å². The number of nitrogens with two attached hydrogens (primary N) is 1. The summed E-state index contributed by atoms with van der Waals surface area (Å²) in [5, 5.41) is 0. The second kappa shape index (κ2) is 4.50. The molecular weight excluding hydrogens is 125 g/mol. The van der Waals surface area contributed by atoms with Crippen LogP contribution in [0.3, 0.4) is 0 Å². The molecule has 0 fully saturated rings. The van der Waals surface area contributed by atoms with Crippen molar-refractivity contribution in [1.82, 2.24) is 0 Å². The van der Waals surface area contributed by atoms with Crippen molar-refractivity contribution in [2.24, 2.45) is 5.73 Å². The van der Waals surface area contributed by atoms with Crippen LogP contribution in [0.25, 0.3) is 0 Å². The largest absolute Gasteiger partial charge is 0.328 e. The van der Waals surface area contributed by atoms with Gasteiger partial charge in [0.05, 0.1) is 0 Å². The average Bonchev–Trinajstić information content (AvgIpc) is 1.81. The SMILES string of the molecule is CB(C)C(C=O)CC(C)N. The molecule has 2 unspecified atom stereocenters. The lowest BCUT2D eigenvalue weighted by Gasteiger charge is -2.13. The summed E-state index contributed by atoms with van der Waals surface area (Å²) in [6, 6.07) is 0.137. The summed E-state index contributed by atoms with van der Waals surface area (Å²) in [4.78, 5) is 10.4. The highest BCUT2D eigenvalue weighted by Gasteiger charge is 2.15. The molecule has 10 heavy (non-hydrogen) atoms. The normalized spacial score (nSPS) is 16.0. The van der Waals surface area contributed by atoms with Gasteiger partial charge in [-0.05, 0) is 19.2 Å². The van der Waals surface area contributed by atoms with Gasteiger partial charge in [0, 0.05) is 6.04 Å². The number of hydrogen-bond acceptors (Lipinski definition) is 2. The standard InChI is InChI=1S/C7H16BNO/c1-6(9)4-7(5-10)8(2)3/h5-7H,4,9H2,1-3H3. The van der Waals surface area contributed by atoms with Gasteiger partial charge in [-0.25, -0.2) is 0 Å². The number of rotatable bonds is 4. The van der Waals surface area contributed by atoms with Gasteiger partial charge in [0.25, 0.3) is 0 Å². The molecule has 2 nitrogen and oxygen atoms in total. The van der Waals surface area contributed by atoms with Gasteiger partial charge in [-0.1, -0.05) is 13.6 Å². The number of hydrogen-bond donors (Lipinski definition) is 1. The van der Waals surface area contributed by atoms with Gasteiger partial charge in [0.1, 0.15) is 13.0 Å². The molecule has 0 saturated heterocycles. The van der Waals surface area contributed by atoms with E-state index in [1.165, 1.54) is 0 Å². The molecule has 0 aromatic heterocycles. The molecule has 3 heteroatoms. The maximum atomic E-state index is 10.4. The quantitative estimate of drug-likeness (QED) is 0.469. The lowest BCUT2D eigenvalue weighted by molar-refractivity contribution is -0.108. The Labute approximate surface area is 63.3 Å². The molecule has 0 rings (SSSR count). The summed E-state index contributed by atoms with van der Waals surface area (Å²) in [5.74, 6) is 0.139. The summed E-state index contributed by atoms with van der Waals surface area (Å²) in [6.07, 6.45) is 1.81. The van der Waals surface area contributed by atoms with Gasteiger partial charge >= 0.3 is 0 Å². The summed E-state index contributed by atoms with van der Waals surface area (Å²) >= 11 is 0. The lowest BCUT2D eigenvalue weighted by atomic mass is 9.44. The number of carbonyl (C=O) groups is 1. The van der Waals surface area contributed by atoms with Crippen molar-refractivity contribution < 1.29 is 4.79 Å². The van der Waals surface area contributed by atoms with E-state index < -0.39 is 0 Å². The number of carbonyl (C=O) groups excluding carboxylic acids is 1. The molecule has 0 radical (unpaired) electrons. The first-order valence-corrected chi connectivity index (χ1v) is 3.78. The van der Waals surface area contributed by atoms with Crippen LogP contribution in [-0.4, -0.2) is 19.0 Å². The van der Waals surface area contributed by atoms with Crippen molar-refractivity contribution in [3.05, 3.63) is 0 Å². The maximum absolute atomic E-state index is 10.4. The molecule has 0 aliphatic carbocycles. The van der Waals surface area contributed by atoms with Gasteiger partial charge in [0.2, 0.25) is 0 Å². The topological polar surface area (TPSA) is 43.1 Å². The van der Waals surface area contributed by atoms with Gasteiger partial charge < -0.3 is 10.5 Å². The minimum absolute atomic E-state index is 0.137. The van der Waals surface area contributed by atoms with E-state index in [1.807, 2.05) is 20.6 Å². The van der Waals surface area contributed by atoms with Gasteiger partial charge in [-0.2, -0.15) is 0 Å². The van der Waals surface area contributed by atoms with Crippen molar-refractivity contribution in [2.75, 3.05) is 0 Å². The Morgan fingerprint density at radius 3 is 2.20 bits per heavy atom. The fourth-order valence-corrected chi connectivity index (χ4v) is 0.914. The molecule has 0 saturated carbocycles. The summed E-state index contributed by atoms with van der Waals surface area (Å²) in [7, 11) is 0. The first-order chi connectivity index (χ1) is 4.57. The van der Waals surface area contributed by atoms with Crippen molar-refractivity contribution in [3.8, 4) is 0 Å². The lowest BCUT2D eigenvalue weighted by Crippen LogP contribution is -2.23. The fraction of sp³-hybridized carbons (Fsp3) is 0.857. The zero-order valence-corrected chi connectivity index (χ0v) is 7.00. The van der Waals surface area contributed by atoms with Crippen LogP contribution in [0.5, 0.6) is 0 Å². The predicted octanol–water partition coefficient (Wildman–Crippen LogP) is 1.05. The second-order valence-electron chi connectivity index (χ2n) is 3.26. The van der Waals surface area contributed by atoms with Crippen LogP contribution in [0.4, 0.5) is 0 Å². The maximum Gasteiger partial charge on any atom is 0.145 e. The first kappa shape index (κ1) is 9.69. The van der Waals surface area contributed by atoms with Gasteiger partial charge in [0.15, 0.2) is 0 Å². The van der Waals surface area contributed by atoms with E-state index in [9.17, 15) is 4.79 Å². The number of aldehydes is 1. The second-order valence-corrected chi connectivity index (χ2v) is 3.26. The fourth-order valence-electron chi connectivity index (χ4n) is 0.914. The molecule has 58 valence electrons. The monoisotopic (exact) mass is 141 g/mol. The van der Waals surface area contributed by atoms with Crippen LogP contribution in [0.2, 0.25) is 19.5 Å². The third kappa shape index (κ3) is 3.67. The van der Waals surface area contributed by atoms with E-state index in [0.717, 1.165) is 12.7 Å². The zero-order valence-electron chi connectivity index (χ0n) is 7.00. The van der Waals surface area contributed by atoms with Crippen LogP contribution in [0, 0.1) is 0 Å². The van der Waals surface area contributed by atoms with E-state index >= 15 is 0 Å². The van der Waals surface area contributed by atoms with E-state index in [2.05, 4.69) is 0 Å². The molecule has 0 amide bonds. The molecule has 0 bridgehead atoms. The molecule has 0 aliphatic rings. The summed E-state index contributed by atoms with van der Waals surface area (Å²) < 4.78 is 0. The molecule has 0 aliphatic heterocycles. The molecule has 0 aromatic rings. The van der Waals surface area contributed by atoms with Crippen LogP contribution in [0.15, 0.2) is 0 Å².